The Bertz CT molecular complexity index is 373. The van der Waals surface area contributed by atoms with Gasteiger partial charge in [-0.1, -0.05) is 11.6 Å². The number of nitrogens with one attached hydrogen (secondary N) is 2. The number of halogens is 1. The first-order valence-corrected chi connectivity index (χ1v) is 5.85. The van der Waals surface area contributed by atoms with Crippen LogP contribution in [0.3, 0.4) is 0 Å². The second-order valence-corrected chi connectivity index (χ2v) is 4.59. The highest BCUT2D eigenvalue weighted by Gasteiger charge is 2.25. The Hall–Kier alpha value is -1.22. The van der Waals surface area contributed by atoms with Crippen molar-refractivity contribution in [2.24, 2.45) is 0 Å². The van der Waals surface area contributed by atoms with E-state index in [1.54, 1.807) is 12.1 Å². The molecule has 1 fully saturated rings. The van der Waals surface area contributed by atoms with Crippen molar-refractivity contribution in [3.63, 3.8) is 0 Å². The van der Waals surface area contributed by atoms with Gasteiger partial charge in [0.25, 0.3) is 0 Å². The van der Waals surface area contributed by atoms with Crippen LogP contribution < -0.4 is 10.6 Å². The maximum atomic E-state index is 11.7. The molecule has 1 atom stereocenters. The van der Waals surface area contributed by atoms with Crippen LogP contribution in [0.15, 0.2) is 24.3 Å². The quantitative estimate of drug-likeness (QED) is 0.846. The molecule has 0 aliphatic heterocycles. The van der Waals surface area contributed by atoms with E-state index in [0.29, 0.717) is 11.1 Å². The fourth-order valence-corrected chi connectivity index (χ4v) is 1.54. The van der Waals surface area contributed by atoms with Gasteiger partial charge in [0, 0.05) is 16.8 Å². The second kappa shape index (κ2) is 4.74. The number of hydrogen-bond donors (Lipinski definition) is 2. The van der Waals surface area contributed by atoms with Crippen LogP contribution in [0, 0.1) is 0 Å². The Balaban J connectivity index is 1.87. The van der Waals surface area contributed by atoms with Gasteiger partial charge >= 0.3 is 0 Å². The van der Waals surface area contributed by atoms with Crippen molar-refractivity contribution >= 4 is 23.2 Å². The Morgan fingerprint density at radius 1 is 1.38 bits per heavy atom. The fourth-order valence-electron chi connectivity index (χ4n) is 1.42. The molecule has 1 aliphatic carbocycles. The van der Waals surface area contributed by atoms with Crippen LogP contribution in [0.1, 0.15) is 19.8 Å². The standard InChI is InChI=1S/C12H15ClN2O/c1-8(12(16)15-11-6-7-11)14-10-4-2-9(13)3-5-10/h2-5,8,11,14H,6-7H2,1H3,(H,15,16). The van der Waals surface area contributed by atoms with E-state index < -0.39 is 0 Å². The molecule has 86 valence electrons. The van der Waals surface area contributed by atoms with Gasteiger partial charge in [-0.2, -0.15) is 0 Å². The number of benzene rings is 1. The second-order valence-electron chi connectivity index (χ2n) is 4.16. The third kappa shape index (κ3) is 3.14. The summed E-state index contributed by atoms with van der Waals surface area (Å²) in [6.45, 7) is 1.85. The summed E-state index contributed by atoms with van der Waals surface area (Å²) in [5.41, 5.74) is 0.905. The highest BCUT2D eigenvalue weighted by Crippen LogP contribution is 2.19. The summed E-state index contributed by atoms with van der Waals surface area (Å²) >= 11 is 5.78. The topological polar surface area (TPSA) is 41.1 Å². The lowest BCUT2D eigenvalue weighted by Crippen LogP contribution is -2.38. The predicted molar refractivity (Wildman–Crippen MR) is 65.7 cm³/mol. The maximum absolute atomic E-state index is 11.7. The number of carbonyl (C=O) groups excluding carboxylic acids is 1. The Labute approximate surface area is 100 Å². The zero-order chi connectivity index (χ0) is 11.5. The molecule has 1 aromatic rings. The van der Waals surface area contributed by atoms with E-state index in [9.17, 15) is 4.79 Å². The molecule has 1 aromatic carbocycles. The maximum Gasteiger partial charge on any atom is 0.242 e. The Kier molecular flexibility index (Phi) is 3.34. The third-order valence-corrected chi connectivity index (χ3v) is 2.80. The lowest BCUT2D eigenvalue weighted by molar-refractivity contribution is -0.121. The summed E-state index contributed by atoms with van der Waals surface area (Å²) in [6.07, 6.45) is 2.22. The van der Waals surface area contributed by atoms with E-state index in [1.165, 1.54) is 0 Å². The molecular weight excluding hydrogens is 224 g/mol. The molecule has 0 radical (unpaired) electrons. The zero-order valence-electron chi connectivity index (χ0n) is 9.16. The van der Waals surface area contributed by atoms with Gasteiger partial charge in [-0.25, -0.2) is 0 Å². The summed E-state index contributed by atoms with van der Waals surface area (Å²) in [6, 6.07) is 7.51. The van der Waals surface area contributed by atoms with Crippen LogP contribution >= 0.6 is 11.6 Å². The number of hydrogen-bond acceptors (Lipinski definition) is 2. The van der Waals surface area contributed by atoms with Gasteiger partial charge < -0.3 is 10.6 Å². The van der Waals surface area contributed by atoms with Crippen LogP contribution in [0.5, 0.6) is 0 Å². The van der Waals surface area contributed by atoms with Gasteiger partial charge in [0.05, 0.1) is 0 Å². The highest BCUT2D eigenvalue weighted by molar-refractivity contribution is 6.30. The first-order valence-electron chi connectivity index (χ1n) is 5.47. The lowest BCUT2D eigenvalue weighted by Gasteiger charge is -2.14. The van der Waals surface area contributed by atoms with Crippen LogP contribution in [0.2, 0.25) is 5.02 Å². The molecule has 16 heavy (non-hydrogen) atoms. The van der Waals surface area contributed by atoms with Gasteiger partial charge in [0.1, 0.15) is 6.04 Å². The van der Waals surface area contributed by atoms with E-state index in [-0.39, 0.29) is 11.9 Å². The molecule has 2 rings (SSSR count). The molecule has 0 bridgehead atoms. The van der Waals surface area contributed by atoms with Gasteiger partial charge in [0.15, 0.2) is 0 Å². The average molecular weight is 239 g/mol. The molecule has 1 amide bonds. The number of carbonyl (C=O) groups is 1. The minimum absolute atomic E-state index is 0.0532. The van der Waals surface area contributed by atoms with Gasteiger partial charge in [-0.15, -0.1) is 0 Å². The van der Waals surface area contributed by atoms with Gasteiger partial charge in [-0.3, -0.25) is 4.79 Å². The molecule has 4 heteroatoms. The van der Waals surface area contributed by atoms with Crippen molar-refractivity contribution in [2.75, 3.05) is 5.32 Å². The van der Waals surface area contributed by atoms with Crippen molar-refractivity contribution in [3.05, 3.63) is 29.3 Å². The normalized spacial score (nSPS) is 16.6. The van der Waals surface area contributed by atoms with E-state index in [0.717, 1.165) is 18.5 Å². The highest BCUT2D eigenvalue weighted by atomic mass is 35.5. The average Bonchev–Trinajstić information content (AvgIpc) is 3.05. The molecule has 1 saturated carbocycles. The van der Waals surface area contributed by atoms with E-state index in [2.05, 4.69) is 10.6 Å². The van der Waals surface area contributed by atoms with E-state index in [1.807, 2.05) is 19.1 Å². The zero-order valence-corrected chi connectivity index (χ0v) is 9.92. The third-order valence-electron chi connectivity index (χ3n) is 2.54. The number of rotatable bonds is 4. The molecule has 0 spiro atoms. The SMILES string of the molecule is CC(Nc1ccc(Cl)cc1)C(=O)NC1CC1. The summed E-state index contributed by atoms with van der Waals surface area (Å²) in [5, 5.41) is 6.78. The van der Waals surface area contributed by atoms with E-state index in [4.69, 9.17) is 11.6 Å². The van der Waals surface area contributed by atoms with Crippen molar-refractivity contribution in [3.8, 4) is 0 Å². The van der Waals surface area contributed by atoms with E-state index >= 15 is 0 Å². The molecule has 3 nitrogen and oxygen atoms in total. The van der Waals surface area contributed by atoms with Crippen LogP contribution in [0.4, 0.5) is 5.69 Å². The summed E-state index contributed by atoms with van der Waals surface area (Å²) in [4.78, 5) is 11.7. The van der Waals surface area contributed by atoms with Crippen molar-refractivity contribution in [1.29, 1.82) is 0 Å². The van der Waals surface area contributed by atoms with Crippen LogP contribution in [-0.2, 0) is 4.79 Å². The fraction of sp³-hybridized carbons (Fsp3) is 0.417. The summed E-state index contributed by atoms with van der Waals surface area (Å²) in [5.74, 6) is 0.0532. The first kappa shape index (κ1) is 11.3. The molecule has 1 unspecified atom stereocenters. The van der Waals surface area contributed by atoms with Crippen molar-refractivity contribution < 1.29 is 4.79 Å². The largest absolute Gasteiger partial charge is 0.374 e. The molecular formula is C12H15ClN2O. The minimum Gasteiger partial charge on any atom is -0.374 e. The Morgan fingerprint density at radius 2 is 2.00 bits per heavy atom. The summed E-state index contributed by atoms with van der Waals surface area (Å²) < 4.78 is 0. The molecule has 0 heterocycles. The van der Waals surface area contributed by atoms with Crippen LogP contribution in [0.25, 0.3) is 0 Å². The monoisotopic (exact) mass is 238 g/mol. The smallest absolute Gasteiger partial charge is 0.242 e. The lowest BCUT2D eigenvalue weighted by atomic mass is 10.2. The Morgan fingerprint density at radius 3 is 2.56 bits per heavy atom. The predicted octanol–water partition coefficient (Wildman–Crippen LogP) is 2.42. The number of amides is 1. The van der Waals surface area contributed by atoms with Crippen LogP contribution in [-0.4, -0.2) is 18.0 Å². The minimum atomic E-state index is -0.221. The first-order chi connectivity index (χ1) is 7.65. The molecule has 0 saturated heterocycles. The molecule has 0 aromatic heterocycles. The summed E-state index contributed by atoms with van der Waals surface area (Å²) in [7, 11) is 0. The molecule has 2 N–H and O–H groups in total. The van der Waals surface area contributed by atoms with Gasteiger partial charge in [0.2, 0.25) is 5.91 Å². The van der Waals surface area contributed by atoms with Crippen molar-refractivity contribution in [2.45, 2.75) is 31.8 Å². The number of anilines is 1. The van der Waals surface area contributed by atoms with Crippen molar-refractivity contribution in [1.82, 2.24) is 5.32 Å². The molecule has 1 aliphatic rings. The van der Waals surface area contributed by atoms with Gasteiger partial charge in [-0.05, 0) is 44.0 Å².